The van der Waals surface area contributed by atoms with Crippen LogP contribution < -0.4 is 16.4 Å². The summed E-state index contributed by atoms with van der Waals surface area (Å²) in [6.45, 7) is 5.03. The summed E-state index contributed by atoms with van der Waals surface area (Å²) < 4.78 is 0. The molecule has 0 bridgehead atoms. The summed E-state index contributed by atoms with van der Waals surface area (Å²) in [6, 6.07) is -0.792. The van der Waals surface area contributed by atoms with E-state index < -0.39 is 12.0 Å². The number of nitrogens with one attached hydrogen (secondary N) is 2. The Morgan fingerprint density at radius 3 is 1.80 bits per heavy atom. The molecule has 0 rings (SSSR count). The van der Waals surface area contributed by atoms with Crippen LogP contribution in [0.3, 0.4) is 0 Å². The number of carboxylic acid groups (broad SMARTS) is 1. The van der Waals surface area contributed by atoms with Gasteiger partial charge in [-0.3, -0.25) is 9.59 Å². The summed E-state index contributed by atoms with van der Waals surface area (Å²) in [5.41, 5.74) is 5.44. The highest BCUT2D eigenvalue weighted by Gasteiger charge is 2.10. The molecule has 0 fully saturated rings. The molecule has 0 aromatic heterocycles. The number of aliphatic carboxylic acids is 1. The van der Waals surface area contributed by atoms with E-state index in [2.05, 4.69) is 17.6 Å². The number of hydrogen-bond acceptors (Lipinski definition) is 4. The van der Waals surface area contributed by atoms with Gasteiger partial charge in [-0.1, -0.05) is 71.1 Å². The van der Waals surface area contributed by atoms with Crippen LogP contribution in [-0.4, -0.2) is 42.7 Å². The Balaban J connectivity index is 3.19. The van der Waals surface area contributed by atoms with Crippen molar-refractivity contribution < 1.29 is 14.7 Å². The van der Waals surface area contributed by atoms with Crippen molar-refractivity contribution in [2.75, 3.05) is 19.6 Å². The molecule has 0 saturated heterocycles. The Labute approximate surface area is 185 Å². The molecule has 0 aromatic rings. The van der Waals surface area contributed by atoms with Gasteiger partial charge < -0.3 is 21.5 Å². The van der Waals surface area contributed by atoms with Gasteiger partial charge in [0, 0.05) is 13.0 Å². The predicted molar refractivity (Wildman–Crippen MR) is 126 cm³/mol. The van der Waals surface area contributed by atoms with E-state index in [9.17, 15) is 9.59 Å². The van der Waals surface area contributed by atoms with Crippen LogP contribution in [0, 0.1) is 0 Å². The first-order chi connectivity index (χ1) is 14.6. The summed E-state index contributed by atoms with van der Waals surface area (Å²) >= 11 is 0. The fraction of sp³-hybridized carbons (Fsp3) is 0.917. The fourth-order valence-electron chi connectivity index (χ4n) is 3.50. The number of carboxylic acids is 1. The molecule has 0 aliphatic carbocycles. The van der Waals surface area contributed by atoms with Crippen LogP contribution in [0.4, 0.5) is 0 Å². The zero-order valence-corrected chi connectivity index (χ0v) is 19.6. The highest BCUT2D eigenvalue weighted by molar-refractivity contribution is 5.75. The summed E-state index contributed by atoms with van der Waals surface area (Å²) in [4.78, 5) is 22.4. The smallest absolute Gasteiger partial charge is 0.320 e. The predicted octanol–water partition coefficient (Wildman–Crippen LogP) is 4.76. The molecule has 1 amide bonds. The maximum absolute atomic E-state index is 11.8. The van der Waals surface area contributed by atoms with Crippen molar-refractivity contribution in [2.24, 2.45) is 5.73 Å². The normalized spacial score (nSPS) is 12.1. The number of nitrogens with two attached hydrogens (primary N) is 1. The van der Waals surface area contributed by atoms with Crippen LogP contribution in [-0.2, 0) is 9.59 Å². The van der Waals surface area contributed by atoms with E-state index in [1.807, 2.05) is 0 Å². The maximum Gasteiger partial charge on any atom is 0.320 e. The molecule has 0 unspecified atom stereocenters. The molecule has 0 radical (unpaired) electrons. The molecule has 178 valence electrons. The zero-order chi connectivity index (χ0) is 22.3. The Morgan fingerprint density at radius 2 is 1.23 bits per heavy atom. The van der Waals surface area contributed by atoms with E-state index in [-0.39, 0.29) is 5.91 Å². The van der Waals surface area contributed by atoms with Crippen LogP contribution in [0.5, 0.6) is 0 Å². The first kappa shape index (κ1) is 28.9. The SMILES string of the molecule is CCCCCCCCCCCCNCCCCCC(=O)NCCCC[C@H](N)C(=O)O. The molecule has 0 saturated carbocycles. The van der Waals surface area contributed by atoms with Gasteiger partial charge in [0.25, 0.3) is 0 Å². The first-order valence-corrected chi connectivity index (χ1v) is 12.5. The Bertz CT molecular complexity index is 405. The molecule has 0 aliphatic heterocycles. The van der Waals surface area contributed by atoms with Gasteiger partial charge in [-0.15, -0.1) is 0 Å². The van der Waals surface area contributed by atoms with Crippen LogP contribution in [0.25, 0.3) is 0 Å². The number of carbonyl (C=O) groups excluding carboxylic acids is 1. The molecule has 0 aliphatic rings. The van der Waals surface area contributed by atoms with E-state index in [0.29, 0.717) is 19.4 Å². The minimum atomic E-state index is -0.961. The average molecular weight is 428 g/mol. The Hall–Kier alpha value is -1.14. The summed E-state index contributed by atoms with van der Waals surface area (Å²) in [7, 11) is 0. The van der Waals surface area contributed by atoms with Gasteiger partial charge in [0.05, 0.1) is 0 Å². The van der Waals surface area contributed by atoms with Crippen LogP contribution in [0.15, 0.2) is 0 Å². The van der Waals surface area contributed by atoms with Crippen molar-refractivity contribution in [2.45, 2.75) is 122 Å². The Kier molecular flexibility index (Phi) is 21.7. The van der Waals surface area contributed by atoms with E-state index in [4.69, 9.17) is 10.8 Å². The lowest BCUT2D eigenvalue weighted by Gasteiger charge is -2.08. The van der Waals surface area contributed by atoms with E-state index in [0.717, 1.165) is 45.2 Å². The molecule has 0 aromatic carbocycles. The Morgan fingerprint density at radius 1 is 0.733 bits per heavy atom. The van der Waals surface area contributed by atoms with Gasteiger partial charge in [0.2, 0.25) is 5.91 Å². The maximum atomic E-state index is 11.8. The summed E-state index contributed by atoms with van der Waals surface area (Å²) in [6.07, 6.45) is 19.4. The van der Waals surface area contributed by atoms with Crippen molar-refractivity contribution in [1.82, 2.24) is 10.6 Å². The third kappa shape index (κ3) is 21.6. The van der Waals surface area contributed by atoms with E-state index in [1.54, 1.807) is 0 Å². The molecule has 1 atom stereocenters. The fourth-order valence-corrected chi connectivity index (χ4v) is 3.50. The molecule has 6 nitrogen and oxygen atoms in total. The van der Waals surface area contributed by atoms with Crippen molar-refractivity contribution >= 4 is 11.9 Å². The highest BCUT2D eigenvalue weighted by atomic mass is 16.4. The van der Waals surface area contributed by atoms with Crippen LogP contribution in [0.2, 0.25) is 0 Å². The van der Waals surface area contributed by atoms with E-state index >= 15 is 0 Å². The third-order valence-corrected chi connectivity index (χ3v) is 5.55. The van der Waals surface area contributed by atoms with Gasteiger partial charge in [-0.25, -0.2) is 0 Å². The lowest BCUT2D eigenvalue weighted by Crippen LogP contribution is -2.30. The third-order valence-electron chi connectivity index (χ3n) is 5.55. The summed E-state index contributed by atoms with van der Waals surface area (Å²) in [5.74, 6) is -0.868. The van der Waals surface area contributed by atoms with Crippen molar-refractivity contribution in [1.29, 1.82) is 0 Å². The monoisotopic (exact) mass is 427 g/mol. The molecule has 6 heteroatoms. The van der Waals surface area contributed by atoms with Gasteiger partial charge in [0.15, 0.2) is 0 Å². The van der Waals surface area contributed by atoms with E-state index in [1.165, 1.54) is 64.2 Å². The lowest BCUT2D eigenvalue weighted by atomic mass is 10.1. The molecule has 30 heavy (non-hydrogen) atoms. The topological polar surface area (TPSA) is 104 Å². The quantitative estimate of drug-likeness (QED) is 0.176. The zero-order valence-electron chi connectivity index (χ0n) is 19.6. The van der Waals surface area contributed by atoms with Crippen molar-refractivity contribution in [3.8, 4) is 0 Å². The molecule has 0 heterocycles. The molecule has 5 N–H and O–H groups in total. The largest absolute Gasteiger partial charge is 0.480 e. The number of unbranched alkanes of at least 4 members (excludes halogenated alkanes) is 12. The molecular formula is C24H49N3O3. The second kappa shape index (κ2) is 22.5. The number of carbonyl (C=O) groups is 2. The number of amides is 1. The minimum absolute atomic E-state index is 0.0934. The minimum Gasteiger partial charge on any atom is -0.480 e. The van der Waals surface area contributed by atoms with Gasteiger partial charge in [-0.2, -0.15) is 0 Å². The second-order valence-corrected chi connectivity index (χ2v) is 8.53. The number of rotatable bonds is 23. The van der Waals surface area contributed by atoms with Crippen molar-refractivity contribution in [3.63, 3.8) is 0 Å². The average Bonchev–Trinajstić information content (AvgIpc) is 2.72. The molecule has 0 spiro atoms. The highest BCUT2D eigenvalue weighted by Crippen LogP contribution is 2.10. The lowest BCUT2D eigenvalue weighted by molar-refractivity contribution is -0.138. The van der Waals surface area contributed by atoms with Crippen LogP contribution in [0.1, 0.15) is 116 Å². The summed E-state index contributed by atoms with van der Waals surface area (Å²) in [5, 5.41) is 15.1. The van der Waals surface area contributed by atoms with Gasteiger partial charge in [-0.05, 0) is 51.6 Å². The van der Waals surface area contributed by atoms with Crippen LogP contribution >= 0.6 is 0 Å². The van der Waals surface area contributed by atoms with Gasteiger partial charge >= 0.3 is 5.97 Å². The first-order valence-electron chi connectivity index (χ1n) is 12.5. The van der Waals surface area contributed by atoms with Gasteiger partial charge in [0.1, 0.15) is 6.04 Å². The second-order valence-electron chi connectivity index (χ2n) is 8.53. The van der Waals surface area contributed by atoms with Crippen molar-refractivity contribution in [3.05, 3.63) is 0 Å². The number of hydrogen-bond donors (Lipinski definition) is 4. The molecular weight excluding hydrogens is 378 g/mol. The standard InChI is InChI=1S/C24H49N3O3/c1-2-3-4-5-6-7-8-9-10-14-19-26-20-15-11-12-18-23(28)27-21-16-13-17-22(25)24(29)30/h22,26H,2-21,25H2,1H3,(H,27,28)(H,29,30)/t22-/m0/s1.